The van der Waals surface area contributed by atoms with E-state index in [0.717, 1.165) is 35.6 Å². The Bertz CT molecular complexity index is 574. The van der Waals surface area contributed by atoms with Gasteiger partial charge in [0, 0.05) is 31.0 Å². The predicted molar refractivity (Wildman–Crippen MR) is 81.7 cm³/mol. The van der Waals surface area contributed by atoms with E-state index >= 15 is 0 Å². The molecule has 0 aliphatic rings. The molecule has 2 aromatic rings. The van der Waals surface area contributed by atoms with Crippen LogP contribution >= 0.6 is 0 Å². The molecule has 0 unspecified atom stereocenters. The molecule has 0 bridgehead atoms. The van der Waals surface area contributed by atoms with Crippen LogP contribution < -0.4 is 5.32 Å². The Hall–Kier alpha value is -1.91. The van der Waals surface area contributed by atoms with Crippen molar-refractivity contribution in [3.63, 3.8) is 0 Å². The van der Waals surface area contributed by atoms with Crippen molar-refractivity contribution in [2.24, 2.45) is 7.05 Å². The lowest BCUT2D eigenvalue weighted by Gasteiger charge is -2.06. The van der Waals surface area contributed by atoms with Crippen LogP contribution in [0.3, 0.4) is 0 Å². The molecule has 2 heterocycles. The first-order valence-electron chi connectivity index (χ1n) is 7.21. The van der Waals surface area contributed by atoms with Gasteiger partial charge in [-0.25, -0.2) is 9.97 Å². The summed E-state index contributed by atoms with van der Waals surface area (Å²) in [6.07, 6.45) is 5.40. The summed E-state index contributed by atoms with van der Waals surface area (Å²) in [5.41, 5.74) is 4.16. The second kappa shape index (κ2) is 6.50. The van der Waals surface area contributed by atoms with Crippen LogP contribution in [-0.4, -0.2) is 26.3 Å². The monoisotopic (exact) mass is 273 g/mol. The van der Waals surface area contributed by atoms with Crippen LogP contribution in [0.4, 0.5) is 5.95 Å². The maximum absolute atomic E-state index is 4.60. The molecule has 0 aliphatic carbocycles. The number of aromatic nitrogens is 4. The van der Waals surface area contributed by atoms with Gasteiger partial charge in [-0.15, -0.1) is 0 Å². The first-order valence-corrected chi connectivity index (χ1v) is 7.21. The zero-order valence-corrected chi connectivity index (χ0v) is 12.8. The summed E-state index contributed by atoms with van der Waals surface area (Å²) in [7, 11) is 1.96. The third-order valence-electron chi connectivity index (χ3n) is 3.48. The van der Waals surface area contributed by atoms with Crippen LogP contribution in [-0.2, 0) is 7.05 Å². The van der Waals surface area contributed by atoms with Gasteiger partial charge in [0.2, 0.25) is 5.95 Å². The molecule has 0 aliphatic heterocycles. The van der Waals surface area contributed by atoms with Crippen molar-refractivity contribution in [1.29, 1.82) is 0 Å². The van der Waals surface area contributed by atoms with E-state index in [-0.39, 0.29) is 0 Å². The van der Waals surface area contributed by atoms with Crippen LogP contribution in [0.2, 0.25) is 0 Å². The molecule has 0 fully saturated rings. The summed E-state index contributed by atoms with van der Waals surface area (Å²) in [5.74, 6) is 0.696. The summed E-state index contributed by atoms with van der Waals surface area (Å²) >= 11 is 0. The largest absolute Gasteiger partial charge is 0.354 e. The van der Waals surface area contributed by atoms with Gasteiger partial charge in [0.25, 0.3) is 0 Å². The smallest absolute Gasteiger partial charge is 0.223 e. The molecule has 0 saturated carbocycles. The molecular formula is C15H23N5. The molecule has 20 heavy (non-hydrogen) atoms. The van der Waals surface area contributed by atoms with Gasteiger partial charge >= 0.3 is 0 Å². The lowest BCUT2D eigenvalue weighted by Crippen LogP contribution is -2.05. The zero-order chi connectivity index (χ0) is 14.5. The van der Waals surface area contributed by atoms with E-state index in [1.807, 2.05) is 24.7 Å². The average Bonchev–Trinajstić information content (AvgIpc) is 2.69. The van der Waals surface area contributed by atoms with E-state index in [0.29, 0.717) is 5.95 Å². The Morgan fingerprint density at radius 2 is 2.05 bits per heavy atom. The minimum absolute atomic E-state index is 0.696. The second-order valence-corrected chi connectivity index (χ2v) is 5.07. The lowest BCUT2D eigenvalue weighted by atomic mass is 10.1. The Balaban J connectivity index is 2.17. The van der Waals surface area contributed by atoms with Crippen LogP contribution in [0.25, 0.3) is 11.3 Å². The molecule has 2 aromatic heterocycles. The number of anilines is 1. The first-order chi connectivity index (χ1) is 9.63. The van der Waals surface area contributed by atoms with Crippen molar-refractivity contribution in [3.05, 3.63) is 23.7 Å². The van der Waals surface area contributed by atoms with E-state index in [2.05, 4.69) is 34.2 Å². The van der Waals surface area contributed by atoms with Gasteiger partial charge in [0.1, 0.15) is 0 Å². The third kappa shape index (κ3) is 3.15. The maximum atomic E-state index is 4.60. The average molecular weight is 273 g/mol. The molecule has 0 saturated heterocycles. The minimum atomic E-state index is 0.696. The number of hydrogen-bond donors (Lipinski definition) is 1. The topological polar surface area (TPSA) is 55.6 Å². The standard InChI is InChI=1S/C15H23N5/c1-5-6-7-9-16-15-17-10-8-13(18-15)14-11(2)19-20(4)12(14)3/h8,10H,5-7,9H2,1-4H3,(H,16,17,18). The van der Waals surface area contributed by atoms with Gasteiger partial charge in [0.05, 0.1) is 11.4 Å². The summed E-state index contributed by atoms with van der Waals surface area (Å²) in [6, 6.07) is 1.94. The molecule has 0 aromatic carbocycles. The van der Waals surface area contributed by atoms with E-state index in [1.54, 1.807) is 6.20 Å². The van der Waals surface area contributed by atoms with Crippen molar-refractivity contribution in [2.75, 3.05) is 11.9 Å². The highest BCUT2D eigenvalue weighted by Crippen LogP contribution is 2.24. The van der Waals surface area contributed by atoms with Crippen molar-refractivity contribution < 1.29 is 0 Å². The summed E-state index contributed by atoms with van der Waals surface area (Å²) in [6.45, 7) is 7.19. The van der Waals surface area contributed by atoms with Crippen molar-refractivity contribution >= 4 is 5.95 Å². The Labute approximate surface area is 120 Å². The first kappa shape index (κ1) is 14.5. The molecule has 0 amide bonds. The molecular weight excluding hydrogens is 250 g/mol. The number of unbranched alkanes of at least 4 members (excludes halogenated alkanes) is 2. The Morgan fingerprint density at radius 1 is 1.25 bits per heavy atom. The quantitative estimate of drug-likeness (QED) is 0.822. The van der Waals surface area contributed by atoms with Crippen LogP contribution in [0.5, 0.6) is 0 Å². The van der Waals surface area contributed by atoms with Crippen molar-refractivity contribution in [1.82, 2.24) is 19.7 Å². The number of aryl methyl sites for hydroxylation is 2. The minimum Gasteiger partial charge on any atom is -0.354 e. The van der Waals surface area contributed by atoms with Crippen LogP contribution in [0.15, 0.2) is 12.3 Å². The Morgan fingerprint density at radius 3 is 2.70 bits per heavy atom. The van der Waals surface area contributed by atoms with E-state index in [4.69, 9.17) is 0 Å². The van der Waals surface area contributed by atoms with Gasteiger partial charge in [0.15, 0.2) is 0 Å². The zero-order valence-electron chi connectivity index (χ0n) is 12.8. The van der Waals surface area contributed by atoms with E-state index < -0.39 is 0 Å². The summed E-state index contributed by atoms with van der Waals surface area (Å²) in [4.78, 5) is 8.88. The van der Waals surface area contributed by atoms with Gasteiger partial charge in [-0.3, -0.25) is 4.68 Å². The normalized spacial score (nSPS) is 10.8. The molecule has 0 spiro atoms. The summed E-state index contributed by atoms with van der Waals surface area (Å²) in [5, 5.41) is 7.72. The fraction of sp³-hybridized carbons (Fsp3) is 0.533. The Kier molecular flexibility index (Phi) is 4.71. The van der Waals surface area contributed by atoms with Gasteiger partial charge in [-0.05, 0) is 26.3 Å². The molecule has 2 rings (SSSR count). The van der Waals surface area contributed by atoms with Gasteiger partial charge < -0.3 is 5.32 Å². The molecule has 108 valence electrons. The highest BCUT2D eigenvalue weighted by molar-refractivity contribution is 5.65. The SMILES string of the molecule is CCCCCNc1nccc(-c2c(C)nn(C)c2C)n1. The van der Waals surface area contributed by atoms with E-state index in [9.17, 15) is 0 Å². The number of nitrogens with one attached hydrogen (secondary N) is 1. The molecule has 0 radical (unpaired) electrons. The fourth-order valence-corrected chi connectivity index (χ4v) is 2.30. The lowest BCUT2D eigenvalue weighted by molar-refractivity contribution is 0.731. The van der Waals surface area contributed by atoms with Crippen molar-refractivity contribution in [2.45, 2.75) is 40.0 Å². The fourth-order valence-electron chi connectivity index (χ4n) is 2.30. The molecule has 0 atom stereocenters. The number of nitrogens with zero attached hydrogens (tertiary/aromatic N) is 4. The number of rotatable bonds is 6. The molecule has 1 N–H and O–H groups in total. The van der Waals surface area contributed by atoms with E-state index in [1.165, 1.54) is 12.8 Å². The summed E-state index contributed by atoms with van der Waals surface area (Å²) < 4.78 is 1.89. The van der Waals surface area contributed by atoms with Gasteiger partial charge in [-0.2, -0.15) is 5.10 Å². The van der Waals surface area contributed by atoms with Crippen molar-refractivity contribution in [3.8, 4) is 11.3 Å². The second-order valence-electron chi connectivity index (χ2n) is 5.07. The molecule has 5 heteroatoms. The maximum Gasteiger partial charge on any atom is 0.223 e. The predicted octanol–water partition coefficient (Wildman–Crippen LogP) is 3.10. The number of hydrogen-bond acceptors (Lipinski definition) is 4. The van der Waals surface area contributed by atoms with Crippen LogP contribution in [0, 0.1) is 13.8 Å². The third-order valence-corrected chi connectivity index (χ3v) is 3.48. The van der Waals surface area contributed by atoms with Gasteiger partial charge in [-0.1, -0.05) is 19.8 Å². The highest BCUT2D eigenvalue weighted by atomic mass is 15.3. The van der Waals surface area contributed by atoms with Crippen LogP contribution in [0.1, 0.15) is 37.6 Å². The molecule has 5 nitrogen and oxygen atoms in total. The highest BCUT2D eigenvalue weighted by Gasteiger charge is 2.13.